The molecular weight excluding hydrogens is 265 g/mol. The summed E-state index contributed by atoms with van der Waals surface area (Å²) < 4.78 is 23.8. The average Bonchev–Trinajstić information content (AvgIpc) is 2.42. The molecule has 0 aliphatic carbocycles. The largest absolute Gasteiger partial charge is 0.382 e. The minimum atomic E-state index is -0.672. The quantitative estimate of drug-likeness (QED) is 0.314. The maximum absolute atomic E-state index is 13.8. The van der Waals surface area contributed by atoms with Crippen LogP contribution in [0.1, 0.15) is 11.9 Å². The number of hydrazone groups is 1. The molecule has 1 rings (SSSR count). The summed E-state index contributed by atoms with van der Waals surface area (Å²) in [5.74, 6) is -1.11. The van der Waals surface area contributed by atoms with Crippen LogP contribution >= 0.6 is 0 Å². The highest BCUT2D eigenvalue weighted by Gasteiger charge is 2.12. The lowest BCUT2D eigenvalue weighted by Gasteiger charge is -2.14. The second-order valence-electron chi connectivity index (χ2n) is 3.64. The van der Waals surface area contributed by atoms with Crippen molar-refractivity contribution < 1.29 is 13.9 Å². The zero-order valence-electron chi connectivity index (χ0n) is 11.0. The molecular formula is C12H14FN5O2. The van der Waals surface area contributed by atoms with E-state index in [4.69, 9.17) is 25.9 Å². The molecule has 8 heteroatoms. The zero-order valence-corrected chi connectivity index (χ0v) is 11.0. The number of hydrogen-bond acceptors (Lipinski definition) is 6. The molecule has 0 fully saturated rings. The number of ether oxygens (including phenoxy) is 2. The van der Waals surface area contributed by atoms with E-state index in [-0.39, 0.29) is 11.4 Å². The van der Waals surface area contributed by atoms with E-state index in [9.17, 15) is 4.39 Å². The topological polar surface area (TPSA) is 117 Å². The molecule has 0 amide bonds. The van der Waals surface area contributed by atoms with Crippen molar-refractivity contribution in [3.05, 3.63) is 29.6 Å². The zero-order chi connectivity index (χ0) is 15.1. The van der Waals surface area contributed by atoms with Gasteiger partial charge in [-0.05, 0) is 12.1 Å². The first kappa shape index (κ1) is 15.6. The summed E-state index contributed by atoms with van der Waals surface area (Å²) in [5, 5.41) is 19.3. The fourth-order valence-electron chi connectivity index (χ4n) is 1.40. The average molecular weight is 279 g/mol. The molecule has 0 aliphatic rings. The fraction of sp³-hybridized carbons (Fsp3) is 0.250. The Morgan fingerprint density at radius 1 is 1.50 bits per heavy atom. The number of hydrogen-bond donors (Lipinski definition) is 3. The van der Waals surface area contributed by atoms with Gasteiger partial charge in [-0.3, -0.25) is 10.8 Å². The third-order valence-corrected chi connectivity index (χ3v) is 2.34. The standard InChI is InChI=1S/C12H14FN5O2/c1-19-12(20-2)7-3-4-9(8(13)5-7)17-18-10(6-14)11(15)16/h3-5,12,17H,1-2H3,(H3,15,16)/b18-10+. The summed E-state index contributed by atoms with van der Waals surface area (Å²) in [6, 6.07) is 5.82. The van der Waals surface area contributed by atoms with Crippen molar-refractivity contribution in [1.29, 1.82) is 10.7 Å². The fourth-order valence-corrected chi connectivity index (χ4v) is 1.40. The summed E-state index contributed by atoms with van der Waals surface area (Å²) in [6.45, 7) is 0. The van der Waals surface area contributed by atoms with Crippen LogP contribution in [-0.2, 0) is 9.47 Å². The minimum absolute atomic E-state index is 0.0358. The summed E-state index contributed by atoms with van der Waals surface area (Å²) in [5.41, 5.74) is 7.65. The number of nitrogens with zero attached hydrogens (tertiary/aromatic N) is 2. The normalized spacial score (nSPS) is 11.2. The van der Waals surface area contributed by atoms with Gasteiger partial charge in [0, 0.05) is 19.8 Å². The van der Waals surface area contributed by atoms with Crippen LogP contribution in [0, 0.1) is 22.6 Å². The number of amidine groups is 1. The van der Waals surface area contributed by atoms with E-state index in [1.54, 1.807) is 12.1 Å². The number of rotatable bonds is 6. The van der Waals surface area contributed by atoms with Crippen LogP contribution in [0.2, 0.25) is 0 Å². The second-order valence-corrected chi connectivity index (χ2v) is 3.64. The van der Waals surface area contributed by atoms with Crippen molar-refractivity contribution in [1.82, 2.24) is 0 Å². The summed E-state index contributed by atoms with van der Waals surface area (Å²) in [6.07, 6.45) is -0.672. The molecule has 20 heavy (non-hydrogen) atoms. The molecule has 106 valence electrons. The predicted octanol–water partition coefficient (Wildman–Crippen LogP) is 1.34. The Morgan fingerprint density at radius 3 is 2.60 bits per heavy atom. The predicted molar refractivity (Wildman–Crippen MR) is 71.7 cm³/mol. The Hall–Kier alpha value is -2.50. The first-order valence-corrected chi connectivity index (χ1v) is 5.46. The van der Waals surface area contributed by atoms with Crippen molar-refractivity contribution in [2.24, 2.45) is 10.8 Å². The Balaban J connectivity index is 2.95. The Morgan fingerprint density at radius 2 is 2.15 bits per heavy atom. The summed E-state index contributed by atoms with van der Waals surface area (Å²) in [4.78, 5) is 0. The van der Waals surface area contributed by atoms with Gasteiger partial charge in [0.1, 0.15) is 11.9 Å². The highest BCUT2D eigenvalue weighted by atomic mass is 19.1. The Kier molecular flexibility index (Phi) is 5.58. The molecule has 4 N–H and O–H groups in total. The van der Waals surface area contributed by atoms with E-state index >= 15 is 0 Å². The van der Waals surface area contributed by atoms with Gasteiger partial charge >= 0.3 is 0 Å². The van der Waals surface area contributed by atoms with Crippen LogP contribution in [0.15, 0.2) is 23.3 Å². The van der Waals surface area contributed by atoms with Gasteiger partial charge in [0.2, 0.25) is 5.71 Å². The van der Waals surface area contributed by atoms with E-state index in [0.29, 0.717) is 5.56 Å². The van der Waals surface area contributed by atoms with Gasteiger partial charge in [-0.25, -0.2) is 4.39 Å². The molecule has 1 aromatic carbocycles. The van der Waals surface area contributed by atoms with Crippen LogP contribution in [0.3, 0.4) is 0 Å². The molecule has 0 saturated heterocycles. The van der Waals surface area contributed by atoms with E-state index in [0.717, 1.165) is 0 Å². The maximum Gasteiger partial charge on any atom is 0.201 e. The monoisotopic (exact) mass is 279 g/mol. The number of benzene rings is 1. The molecule has 0 heterocycles. The molecule has 0 spiro atoms. The van der Waals surface area contributed by atoms with Crippen LogP contribution in [0.5, 0.6) is 0 Å². The molecule has 0 bridgehead atoms. The third kappa shape index (κ3) is 3.74. The molecule has 7 nitrogen and oxygen atoms in total. The number of nitriles is 1. The van der Waals surface area contributed by atoms with Crippen LogP contribution in [0.4, 0.5) is 10.1 Å². The van der Waals surface area contributed by atoms with Gasteiger partial charge in [0.25, 0.3) is 0 Å². The van der Waals surface area contributed by atoms with Gasteiger partial charge in [-0.2, -0.15) is 10.4 Å². The highest BCUT2D eigenvalue weighted by molar-refractivity contribution is 6.45. The van der Waals surface area contributed by atoms with Gasteiger partial charge in [0.05, 0.1) is 5.69 Å². The summed E-state index contributed by atoms with van der Waals surface area (Å²) >= 11 is 0. The number of nitrogens with two attached hydrogens (primary N) is 1. The van der Waals surface area contributed by atoms with E-state index in [1.165, 1.54) is 26.4 Å². The highest BCUT2D eigenvalue weighted by Crippen LogP contribution is 2.22. The first-order chi connectivity index (χ1) is 9.53. The van der Waals surface area contributed by atoms with Crippen molar-refractivity contribution in [2.75, 3.05) is 19.6 Å². The number of nitrogens with one attached hydrogen (secondary N) is 2. The second kappa shape index (κ2) is 7.18. The lowest BCUT2D eigenvalue weighted by molar-refractivity contribution is -0.106. The van der Waals surface area contributed by atoms with Gasteiger partial charge in [-0.1, -0.05) is 6.07 Å². The van der Waals surface area contributed by atoms with Crippen molar-refractivity contribution in [3.63, 3.8) is 0 Å². The SMILES string of the molecule is COC(OC)c1ccc(N/N=C(\C#N)C(=N)N)c(F)c1. The van der Waals surface area contributed by atoms with Crippen molar-refractivity contribution in [2.45, 2.75) is 6.29 Å². The Labute approximate surface area is 115 Å². The number of anilines is 1. The molecule has 0 unspecified atom stereocenters. The number of methoxy groups -OCH3 is 2. The minimum Gasteiger partial charge on any atom is -0.382 e. The van der Waals surface area contributed by atoms with Crippen LogP contribution < -0.4 is 11.2 Å². The smallest absolute Gasteiger partial charge is 0.201 e. The van der Waals surface area contributed by atoms with Gasteiger partial charge in [-0.15, -0.1) is 0 Å². The lowest BCUT2D eigenvalue weighted by atomic mass is 10.2. The van der Waals surface area contributed by atoms with Crippen molar-refractivity contribution >= 4 is 17.2 Å². The van der Waals surface area contributed by atoms with Gasteiger partial charge < -0.3 is 15.2 Å². The van der Waals surface area contributed by atoms with Gasteiger partial charge in [0.15, 0.2) is 12.1 Å². The first-order valence-electron chi connectivity index (χ1n) is 5.46. The summed E-state index contributed by atoms with van der Waals surface area (Å²) in [7, 11) is 2.88. The van der Waals surface area contributed by atoms with Crippen LogP contribution in [0.25, 0.3) is 0 Å². The lowest BCUT2D eigenvalue weighted by Crippen LogP contribution is -2.22. The molecule has 0 aromatic heterocycles. The molecule has 1 aromatic rings. The van der Waals surface area contributed by atoms with E-state index < -0.39 is 17.9 Å². The molecule has 0 radical (unpaired) electrons. The Bertz CT molecular complexity index is 563. The maximum atomic E-state index is 13.8. The van der Waals surface area contributed by atoms with E-state index in [1.807, 2.05) is 0 Å². The number of halogens is 1. The molecule has 0 atom stereocenters. The van der Waals surface area contributed by atoms with Crippen LogP contribution in [-0.4, -0.2) is 25.8 Å². The molecule has 0 aliphatic heterocycles. The van der Waals surface area contributed by atoms with Crippen molar-refractivity contribution in [3.8, 4) is 6.07 Å². The third-order valence-electron chi connectivity index (χ3n) is 2.34. The van der Waals surface area contributed by atoms with E-state index in [2.05, 4.69) is 10.5 Å². The molecule has 0 saturated carbocycles.